The summed E-state index contributed by atoms with van der Waals surface area (Å²) in [5, 5.41) is 0.740. The number of fused-ring (bicyclic) bond motifs is 1. The monoisotopic (exact) mass is 425 g/mol. The average molecular weight is 426 g/mol. The molecule has 0 spiro atoms. The van der Waals surface area contributed by atoms with Crippen molar-refractivity contribution in [3.63, 3.8) is 0 Å². The van der Waals surface area contributed by atoms with Crippen LogP contribution in [-0.2, 0) is 11.3 Å². The van der Waals surface area contributed by atoms with Crippen LogP contribution in [0.15, 0.2) is 42.5 Å². The Kier molecular flexibility index (Phi) is 6.28. The number of para-hydroxylation sites is 2. The smallest absolute Gasteiger partial charge is 0.223 e. The zero-order valence-electron chi connectivity index (χ0n) is 17.6. The van der Waals surface area contributed by atoms with Gasteiger partial charge in [-0.2, -0.15) is 0 Å². The fraction of sp³-hybridized carbons (Fsp3) is 0.417. The largest absolute Gasteiger partial charge is 0.492 e. The van der Waals surface area contributed by atoms with Gasteiger partial charge in [-0.15, -0.1) is 0 Å². The van der Waals surface area contributed by atoms with Gasteiger partial charge in [0.15, 0.2) is 0 Å². The van der Waals surface area contributed by atoms with E-state index in [9.17, 15) is 4.79 Å². The molecule has 1 fully saturated rings. The van der Waals surface area contributed by atoms with Crippen molar-refractivity contribution in [2.75, 3.05) is 19.7 Å². The topological polar surface area (TPSA) is 47.4 Å². The van der Waals surface area contributed by atoms with Crippen molar-refractivity contribution in [2.45, 2.75) is 45.6 Å². The number of nitrogens with zero attached hydrogens (tertiary/aromatic N) is 3. The zero-order valence-corrected chi connectivity index (χ0v) is 18.4. The second kappa shape index (κ2) is 9.09. The van der Waals surface area contributed by atoms with Gasteiger partial charge in [0.05, 0.1) is 17.6 Å². The number of hydrogen-bond donors (Lipinski definition) is 0. The summed E-state index contributed by atoms with van der Waals surface area (Å²) in [6.07, 6.45) is 2.67. The lowest BCUT2D eigenvalue weighted by atomic mass is 10.1. The summed E-state index contributed by atoms with van der Waals surface area (Å²) < 4.78 is 8.21. The van der Waals surface area contributed by atoms with E-state index in [1.54, 1.807) is 0 Å². The van der Waals surface area contributed by atoms with Crippen molar-refractivity contribution in [3.05, 3.63) is 58.9 Å². The van der Waals surface area contributed by atoms with Crippen LogP contribution in [-0.4, -0.2) is 40.1 Å². The number of hydrogen-bond acceptors (Lipinski definition) is 3. The fourth-order valence-electron chi connectivity index (χ4n) is 4.11. The van der Waals surface area contributed by atoms with E-state index >= 15 is 0 Å². The van der Waals surface area contributed by atoms with Crippen molar-refractivity contribution < 1.29 is 9.53 Å². The molecule has 0 radical (unpaired) electrons. The molecule has 1 aliphatic heterocycles. The lowest BCUT2D eigenvalue weighted by Gasteiger charge is -2.17. The maximum absolute atomic E-state index is 12.5. The highest BCUT2D eigenvalue weighted by Gasteiger charge is 2.33. The van der Waals surface area contributed by atoms with Crippen LogP contribution in [0.2, 0.25) is 5.02 Å². The van der Waals surface area contributed by atoms with Crippen molar-refractivity contribution >= 4 is 28.5 Å². The van der Waals surface area contributed by atoms with E-state index in [0.717, 1.165) is 59.1 Å². The van der Waals surface area contributed by atoms with Gasteiger partial charge in [0.1, 0.15) is 18.2 Å². The quantitative estimate of drug-likeness (QED) is 0.498. The summed E-state index contributed by atoms with van der Waals surface area (Å²) in [7, 11) is 0. The highest BCUT2D eigenvalue weighted by Crippen LogP contribution is 2.30. The Morgan fingerprint density at radius 2 is 2.03 bits per heavy atom. The van der Waals surface area contributed by atoms with Crippen LogP contribution >= 0.6 is 11.6 Å². The van der Waals surface area contributed by atoms with Crippen LogP contribution in [0.5, 0.6) is 5.75 Å². The first kappa shape index (κ1) is 20.7. The lowest BCUT2D eigenvalue weighted by molar-refractivity contribution is -0.127. The Labute approximate surface area is 182 Å². The zero-order chi connectivity index (χ0) is 21.1. The maximum atomic E-state index is 12.5. The molecular formula is C24H28ClN3O2. The van der Waals surface area contributed by atoms with Gasteiger partial charge in [0.25, 0.3) is 0 Å². The van der Waals surface area contributed by atoms with E-state index in [2.05, 4.69) is 17.6 Å². The maximum Gasteiger partial charge on any atom is 0.223 e. The van der Waals surface area contributed by atoms with Gasteiger partial charge in [-0.3, -0.25) is 4.79 Å². The van der Waals surface area contributed by atoms with Crippen LogP contribution in [0, 0.1) is 6.92 Å². The minimum absolute atomic E-state index is 0.125. The summed E-state index contributed by atoms with van der Waals surface area (Å²) in [4.78, 5) is 19.4. The summed E-state index contributed by atoms with van der Waals surface area (Å²) in [5.41, 5.74) is 3.05. The number of halogens is 1. The van der Waals surface area contributed by atoms with E-state index < -0.39 is 0 Å². The Morgan fingerprint density at radius 1 is 1.20 bits per heavy atom. The van der Waals surface area contributed by atoms with Crippen LogP contribution in [0.1, 0.15) is 43.5 Å². The van der Waals surface area contributed by atoms with Gasteiger partial charge in [-0.1, -0.05) is 37.1 Å². The number of likely N-dealkylation sites (tertiary alicyclic amines) is 1. The third-order valence-electron chi connectivity index (χ3n) is 5.76. The highest BCUT2D eigenvalue weighted by molar-refractivity contribution is 6.31. The Hall–Kier alpha value is -2.53. The summed E-state index contributed by atoms with van der Waals surface area (Å²) in [6, 6.07) is 13.9. The third kappa shape index (κ3) is 4.31. The van der Waals surface area contributed by atoms with Crippen LogP contribution in [0.3, 0.4) is 0 Å². The molecule has 1 aromatic heterocycles. The predicted octanol–water partition coefficient (Wildman–Crippen LogP) is 5.19. The molecule has 0 N–H and O–H groups in total. The lowest BCUT2D eigenvalue weighted by Crippen LogP contribution is -2.26. The second-order valence-electron chi connectivity index (χ2n) is 7.96. The molecule has 1 atom stereocenters. The molecule has 30 heavy (non-hydrogen) atoms. The number of carbonyl (C=O) groups is 1. The first-order valence-electron chi connectivity index (χ1n) is 10.7. The number of unbranched alkanes of at least 4 members (excludes halogenated alkanes) is 1. The molecule has 1 unspecified atom stereocenters. The molecule has 6 heteroatoms. The number of imidazole rings is 1. The van der Waals surface area contributed by atoms with Crippen LogP contribution in [0.4, 0.5) is 0 Å². The normalized spacial score (nSPS) is 16.6. The number of ether oxygens (including phenoxy) is 1. The Balaban J connectivity index is 1.53. The number of carbonyl (C=O) groups excluding carboxylic acids is 1. The predicted molar refractivity (Wildman–Crippen MR) is 120 cm³/mol. The van der Waals surface area contributed by atoms with Crippen molar-refractivity contribution in [1.29, 1.82) is 0 Å². The molecule has 0 bridgehead atoms. The van der Waals surface area contributed by atoms with Crippen molar-refractivity contribution in [3.8, 4) is 5.75 Å². The van der Waals surface area contributed by atoms with E-state index in [0.29, 0.717) is 19.6 Å². The minimum Gasteiger partial charge on any atom is -0.492 e. The molecule has 2 aromatic carbocycles. The summed E-state index contributed by atoms with van der Waals surface area (Å²) >= 11 is 6.11. The molecule has 1 amide bonds. The Morgan fingerprint density at radius 3 is 2.83 bits per heavy atom. The van der Waals surface area contributed by atoms with Gasteiger partial charge >= 0.3 is 0 Å². The molecule has 158 valence electrons. The first-order chi connectivity index (χ1) is 14.6. The number of benzene rings is 2. The fourth-order valence-corrected chi connectivity index (χ4v) is 4.23. The van der Waals surface area contributed by atoms with Gasteiger partial charge < -0.3 is 14.2 Å². The summed E-state index contributed by atoms with van der Waals surface area (Å²) in [5.74, 6) is 2.16. The molecule has 2 heterocycles. The number of rotatable bonds is 8. The van der Waals surface area contributed by atoms with Gasteiger partial charge in [0.2, 0.25) is 5.91 Å². The van der Waals surface area contributed by atoms with Gasteiger partial charge in [0, 0.05) is 30.5 Å². The van der Waals surface area contributed by atoms with Crippen LogP contribution < -0.4 is 4.74 Å². The van der Waals surface area contributed by atoms with E-state index in [1.807, 2.05) is 48.2 Å². The van der Waals surface area contributed by atoms with Gasteiger partial charge in [-0.25, -0.2) is 4.98 Å². The molecule has 1 aliphatic rings. The molecule has 0 aliphatic carbocycles. The molecule has 5 nitrogen and oxygen atoms in total. The molecule has 1 saturated heterocycles. The average Bonchev–Trinajstić information content (AvgIpc) is 3.29. The van der Waals surface area contributed by atoms with E-state index in [1.165, 1.54) is 0 Å². The standard InChI is InChI=1S/C24H28ClN3O2/c1-3-4-11-27-16-18(15-23(27)29)24-26-21-7-5-6-8-22(21)28(24)12-13-30-19-9-10-20(25)17(2)14-19/h5-10,14,18H,3-4,11-13,15-16H2,1-2H3. The van der Waals surface area contributed by atoms with Crippen molar-refractivity contribution in [1.82, 2.24) is 14.5 Å². The molecular weight excluding hydrogens is 398 g/mol. The van der Waals surface area contributed by atoms with Gasteiger partial charge in [-0.05, 0) is 49.2 Å². The number of aromatic nitrogens is 2. The highest BCUT2D eigenvalue weighted by atomic mass is 35.5. The molecule has 4 rings (SSSR count). The van der Waals surface area contributed by atoms with Crippen molar-refractivity contribution in [2.24, 2.45) is 0 Å². The second-order valence-corrected chi connectivity index (χ2v) is 8.37. The molecule has 0 saturated carbocycles. The van der Waals surface area contributed by atoms with E-state index in [4.69, 9.17) is 21.3 Å². The third-order valence-corrected chi connectivity index (χ3v) is 6.18. The number of amides is 1. The minimum atomic E-state index is 0.125. The molecule has 3 aromatic rings. The summed E-state index contributed by atoms with van der Waals surface area (Å²) in [6.45, 7) is 6.91. The first-order valence-corrected chi connectivity index (χ1v) is 11.1. The number of aryl methyl sites for hydroxylation is 1. The Bertz CT molecular complexity index is 1050. The van der Waals surface area contributed by atoms with E-state index in [-0.39, 0.29) is 11.8 Å². The van der Waals surface area contributed by atoms with Crippen LogP contribution in [0.25, 0.3) is 11.0 Å². The SMILES string of the molecule is CCCCN1CC(c2nc3ccccc3n2CCOc2ccc(Cl)c(C)c2)CC1=O.